The van der Waals surface area contributed by atoms with Crippen LogP contribution in [0.1, 0.15) is 55.5 Å². The molecule has 1 aromatic rings. The van der Waals surface area contributed by atoms with Crippen molar-refractivity contribution in [2.45, 2.75) is 50.7 Å². The Kier molecular flexibility index (Phi) is 4.96. The van der Waals surface area contributed by atoms with Gasteiger partial charge in [0, 0.05) is 30.1 Å². The van der Waals surface area contributed by atoms with Crippen molar-refractivity contribution in [3.8, 4) is 0 Å². The molecule has 1 saturated heterocycles. The van der Waals surface area contributed by atoms with Crippen molar-refractivity contribution in [3.63, 3.8) is 0 Å². The quantitative estimate of drug-likeness (QED) is 0.826. The van der Waals surface area contributed by atoms with Gasteiger partial charge in [-0.05, 0) is 19.3 Å². The van der Waals surface area contributed by atoms with Crippen molar-refractivity contribution in [2.75, 3.05) is 19.3 Å². The fourth-order valence-electron chi connectivity index (χ4n) is 2.58. The van der Waals surface area contributed by atoms with Crippen LogP contribution in [0.15, 0.2) is 5.38 Å². The molecule has 0 spiro atoms. The van der Waals surface area contributed by atoms with Gasteiger partial charge in [-0.3, -0.25) is 4.79 Å². The molecule has 7 heteroatoms. The van der Waals surface area contributed by atoms with E-state index in [-0.39, 0.29) is 16.6 Å². The summed E-state index contributed by atoms with van der Waals surface area (Å²) in [7, 11) is -3.03. The Morgan fingerprint density at radius 1 is 1.32 bits per heavy atom. The maximum absolute atomic E-state index is 12.6. The van der Waals surface area contributed by atoms with Crippen LogP contribution in [0.5, 0.6) is 0 Å². The molecule has 0 N–H and O–H groups in total. The zero-order chi connectivity index (χ0) is 16.5. The molecular formula is C15H24N2O3S2. The summed E-state index contributed by atoms with van der Waals surface area (Å²) in [5.74, 6) is -0.0825. The molecule has 0 saturated carbocycles. The van der Waals surface area contributed by atoms with Gasteiger partial charge >= 0.3 is 0 Å². The summed E-state index contributed by atoms with van der Waals surface area (Å²) in [5, 5.41) is 2.42. The van der Waals surface area contributed by atoms with Crippen LogP contribution in [0.2, 0.25) is 0 Å². The summed E-state index contributed by atoms with van der Waals surface area (Å²) >= 11 is 1.50. The molecule has 1 aliphatic heterocycles. The number of nitrogens with zero attached hydrogens (tertiary/aromatic N) is 2. The van der Waals surface area contributed by atoms with Crippen LogP contribution >= 0.6 is 11.3 Å². The highest BCUT2D eigenvalue weighted by Gasteiger charge is 2.28. The molecule has 1 aromatic heterocycles. The lowest BCUT2D eigenvalue weighted by Gasteiger charge is -2.19. The average molecular weight is 345 g/mol. The summed E-state index contributed by atoms with van der Waals surface area (Å²) in [4.78, 5) is 18.8. The topological polar surface area (TPSA) is 67.3 Å². The van der Waals surface area contributed by atoms with Crippen LogP contribution in [0.25, 0.3) is 0 Å². The number of amides is 1. The van der Waals surface area contributed by atoms with Crippen molar-refractivity contribution in [1.82, 2.24) is 9.88 Å². The normalized spacial score (nSPS) is 20.7. The number of hydrogen-bond donors (Lipinski definition) is 0. The lowest BCUT2D eigenvalue weighted by Crippen LogP contribution is -2.33. The van der Waals surface area contributed by atoms with Gasteiger partial charge in [0.1, 0.15) is 15.5 Å². The number of aromatic nitrogens is 1. The average Bonchev–Trinajstić information content (AvgIpc) is 2.74. The number of likely N-dealkylation sites (tertiary alicyclic amines) is 1. The molecule has 2 rings (SSSR count). The highest BCUT2D eigenvalue weighted by Crippen LogP contribution is 2.26. The minimum absolute atomic E-state index is 0.0661. The van der Waals surface area contributed by atoms with E-state index in [1.54, 1.807) is 4.90 Å². The molecule has 1 aliphatic rings. The van der Waals surface area contributed by atoms with Gasteiger partial charge in [0.15, 0.2) is 0 Å². The molecule has 1 unspecified atom stereocenters. The third-order valence-corrected chi connectivity index (χ3v) is 6.88. The Morgan fingerprint density at radius 3 is 2.55 bits per heavy atom. The molecule has 124 valence electrons. The van der Waals surface area contributed by atoms with Crippen molar-refractivity contribution in [2.24, 2.45) is 0 Å². The molecular weight excluding hydrogens is 320 g/mol. The van der Waals surface area contributed by atoms with E-state index in [2.05, 4.69) is 25.8 Å². The fourth-order valence-corrected chi connectivity index (χ4v) is 4.59. The van der Waals surface area contributed by atoms with Crippen LogP contribution in [-0.2, 0) is 15.3 Å². The lowest BCUT2D eigenvalue weighted by atomic mass is 9.98. The van der Waals surface area contributed by atoms with E-state index in [9.17, 15) is 13.2 Å². The number of carbonyl (C=O) groups is 1. The van der Waals surface area contributed by atoms with Gasteiger partial charge in [0.05, 0.1) is 10.3 Å². The highest BCUT2D eigenvalue weighted by atomic mass is 32.2. The number of carbonyl (C=O) groups excluding carboxylic acids is 1. The molecule has 0 aliphatic carbocycles. The first-order chi connectivity index (χ1) is 10.1. The zero-order valence-electron chi connectivity index (χ0n) is 13.6. The van der Waals surface area contributed by atoms with E-state index in [1.165, 1.54) is 17.6 Å². The van der Waals surface area contributed by atoms with E-state index in [1.807, 2.05) is 5.38 Å². The van der Waals surface area contributed by atoms with E-state index in [0.29, 0.717) is 31.6 Å². The standard InChI is InChI=1S/C15H24N2O3S2/c1-15(2,3)14-16-12(10-21-14)13(18)17-8-5-6-11(7-9-17)22(4,19)20/h10-11H,5-9H2,1-4H3. The molecule has 5 nitrogen and oxygen atoms in total. The van der Waals surface area contributed by atoms with E-state index < -0.39 is 9.84 Å². The summed E-state index contributed by atoms with van der Waals surface area (Å²) in [6.45, 7) is 7.31. The van der Waals surface area contributed by atoms with E-state index >= 15 is 0 Å². The molecule has 1 fully saturated rings. The number of thiazole rings is 1. The lowest BCUT2D eigenvalue weighted by molar-refractivity contribution is 0.0756. The van der Waals surface area contributed by atoms with Crippen molar-refractivity contribution >= 4 is 27.1 Å². The van der Waals surface area contributed by atoms with Crippen LogP contribution in [-0.4, -0.2) is 48.8 Å². The predicted molar refractivity (Wildman–Crippen MR) is 89.2 cm³/mol. The van der Waals surface area contributed by atoms with Crippen molar-refractivity contribution < 1.29 is 13.2 Å². The molecule has 2 heterocycles. The van der Waals surface area contributed by atoms with Gasteiger partial charge in [0.25, 0.3) is 5.91 Å². The van der Waals surface area contributed by atoms with Crippen molar-refractivity contribution in [3.05, 3.63) is 16.1 Å². The third kappa shape index (κ3) is 4.07. The maximum Gasteiger partial charge on any atom is 0.273 e. The Balaban J connectivity index is 2.09. The van der Waals surface area contributed by atoms with Crippen molar-refractivity contribution in [1.29, 1.82) is 0 Å². The first-order valence-electron chi connectivity index (χ1n) is 7.53. The number of rotatable bonds is 2. The Hall–Kier alpha value is -0.950. The van der Waals surface area contributed by atoms with Gasteiger partial charge in [-0.2, -0.15) is 0 Å². The summed E-state index contributed by atoms with van der Waals surface area (Å²) in [5.41, 5.74) is 0.413. The Morgan fingerprint density at radius 2 is 2.00 bits per heavy atom. The van der Waals surface area contributed by atoms with E-state index in [0.717, 1.165) is 11.4 Å². The second-order valence-electron chi connectivity index (χ2n) is 6.96. The minimum atomic E-state index is -3.03. The maximum atomic E-state index is 12.6. The molecule has 0 radical (unpaired) electrons. The summed E-state index contributed by atoms with van der Waals surface area (Å²) in [6.07, 6.45) is 3.15. The predicted octanol–water partition coefficient (Wildman–Crippen LogP) is 2.48. The van der Waals surface area contributed by atoms with Crippen LogP contribution in [0.3, 0.4) is 0 Å². The largest absolute Gasteiger partial charge is 0.337 e. The Bertz CT molecular complexity index is 644. The SMILES string of the molecule is CC(C)(C)c1nc(C(=O)N2CCCC(S(C)(=O)=O)CC2)cs1. The smallest absolute Gasteiger partial charge is 0.273 e. The minimum Gasteiger partial charge on any atom is -0.337 e. The first-order valence-corrected chi connectivity index (χ1v) is 10.4. The van der Waals surface area contributed by atoms with Crippen LogP contribution in [0, 0.1) is 0 Å². The molecule has 1 amide bonds. The van der Waals surface area contributed by atoms with Gasteiger partial charge in [-0.1, -0.05) is 20.8 Å². The zero-order valence-corrected chi connectivity index (χ0v) is 15.3. The highest BCUT2D eigenvalue weighted by molar-refractivity contribution is 7.91. The van der Waals surface area contributed by atoms with Crippen LogP contribution < -0.4 is 0 Å². The second-order valence-corrected chi connectivity index (χ2v) is 10.1. The first kappa shape index (κ1) is 17.4. The third-order valence-electron chi connectivity index (χ3n) is 3.93. The van der Waals surface area contributed by atoms with Gasteiger partial charge in [-0.25, -0.2) is 13.4 Å². The monoisotopic (exact) mass is 344 g/mol. The molecule has 1 atom stereocenters. The molecule has 0 bridgehead atoms. The molecule has 22 heavy (non-hydrogen) atoms. The van der Waals surface area contributed by atoms with Crippen LogP contribution in [0.4, 0.5) is 0 Å². The molecule has 0 aromatic carbocycles. The Labute approximate surface area is 136 Å². The second kappa shape index (κ2) is 6.28. The number of sulfone groups is 1. The van der Waals surface area contributed by atoms with Gasteiger partial charge in [-0.15, -0.1) is 11.3 Å². The summed E-state index contributed by atoms with van der Waals surface area (Å²) in [6, 6.07) is 0. The fraction of sp³-hybridized carbons (Fsp3) is 0.733. The number of hydrogen-bond acceptors (Lipinski definition) is 5. The van der Waals surface area contributed by atoms with Gasteiger partial charge in [0.2, 0.25) is 0 Å². The van der Waals surface area contributed by atoms with E-state index in [4.69, 9.17) is 0 Å². The van der Waals surface area contributed by atoms with Gasteiger partial charge < -0.3 is 4.90 Å². The summed E-state index contributed by atoms with van der Waals surface area (Å²) < 4.78 is 23.4.